The topological polar surface area (TPSA) is 77.5 Å². The minimum absolute atomic E-state index is 0.0624. The number of fused-ring (bicyclic) bond motifs is 4. The molecule has 36 heavy (non-hydrogen) atoms. The first-order valence-electron chi connectivity index (χ1n) is 12.8. The zero-order valence-corrected chi connectivity index (χ0v) is 22.0. The third kappa shape index (κ3) is 3.35. The minimum atomic E-state index is -0.608. The Morgan fingerprint density at radius 3 is 2.81 bits per heavy atom. The van der Waals surface area contributed by atoms with Gasteiger partial charge < -0.3 is 4.42 Å². The zero-order valence-electron chi connectivity index (χ0n) is 21.2. The molecule has 3 atom stereocenters. The smallest absolute Gasteiger partial charge is 0.276 e. The number of nitrogens with zero attached hydrogens (tertiary/aromatic N) is 3. The Balaban J connectivity index is 1.42. The van der Waals surface area contributed by atoms with Crippen LogP contribution in [-0.4, -0.2) is 20.4 Å². The fourth-order valence-electron chi connectivity index (χ4n) is 6.91. The molecule has 0 bridgehead atoms. The molecule has 1 fully saturated rings. The Kier molecular flexibility index (Phi) is 5.34. The van der Waals surface area contributed by atoms with Crippen molar-refractivity contribution in [2.45, 2.75) is 71.1 Å². The van der Waals surface area contributed by atoms with Gasteiger partial charge in [0, 0.05) is 11.5 Å². The summed E-state index contributed by atoms with van der Waals surface area (Å²) in [5.41, 5.74) is 3.24. The number of aromatic nitrogens is 3. The standard InChI is InChI=1S/C29H31N3O3S/c1-17(2)18-8-10-21-19(15-18)9-11-23-28(21,3)12-6-13-29(23,4)24(33)25-30-31-27-32(25)26(34)22(36-27)16-20-7-5-14-35-20/h5,7-8,10,14-17,23H,6,9,11-13H2,1-4H3/b22-16+/t23-,28-,29-/m1/s1. The molecule has 0 spiro atoms. The summed E-state index contributed by atoms with van der Waals surface area (Å²) in [6.07, 6.45) is 8.02. The van der Waals surface area contributed by atoms with Crippen LogP contribution >= 0.6 is 11.3 Å². The number of hydrogen-bond acceptors (Lipinski definition) is 6. The van der Waals surface area contributed by atoms with E-state index in [-0.39, 0.29) is 28.5 Å². The molecule has 0 amide bonds. The van der Waals surface area contributed by atoms with E-state index in [2.05, 4.69) is 56.1 Å². The summed E-state index contributed by atoms with van der Waals surface area (Å²) in [6, 6.07) is 10.5. The van der Waals surface area contributed by atoms with E-state index in [0.29, 0.717) is 21.2 Å². The van der Waals surface area contributed by atoms with Gasteiger partial charge in [-0.2, -0.15) is 0 Å². The highest BCUT2D eigenvalue weighted by atomic mass is 32.1. The molecule has 2 aliphatic carbocycles. The van der Waals surface area contributed by atoms with Gasteiger partial charge in [0.05, 0.1) is 6.26 Å². The Morgan fingerprint density at radius 2 is 2.06 bits per heavy atom. The van der Waals surface area contributed by atoms with E-state index in [4.69, 9.17) is 4.42 Å². The lowest BCUT2D eigenvalue weighted by Gasteiger charge is -2.54. The minimum Gasteiger partial charge on any atom is -0.465 e. The molecule has 1 aromatic carbocycles. The Hall–Kier alpha value is -3.06. The highest BCUT2D eigenvalue weighted by Crippen LogP contribution is 2.58. The first kappa shape index (κ1) is 23.3. The number of furan rings is 1. The van der Waals surface area contributed by atoms with Crippen LogP contribution in [-0.2, 0) is 11.8 Å². The molecule has 3 heterocycles. The third-order valence-corrected chi connectivity index (χ3v) is 9.79. The number of benzene rings is 1. The van der Waals surface area contributed by atoms with E-state index in [1.165, 1.54) is 32.4 Å². The number of aryl methyl sites for hydroxylation is 1. The molecule has 7 heteroatoms. The SMILES string of the molecule is CC(C)c1ccc2c(c1)CC[C@H]1[C@](C)(C(=O)c3nnc4s/c(=C/c5ccco5)c(=O)n34)CCC[C@]21C. The molecule has 0 N–H and O–H groups in total. The number of thiazole rings is 1. The van der Waals surface area contributed by atoms with Gasteiger partial charge in [-0.15, -0.1) is 10.2 Å². The largest absolute Gasteiger partial charge is 0.465 e. The quantitative estimate of drug-likeness (QED) is 0.354. The molecule has 0 saturated heterocycles. The maximum Gasteiger partial charge on any atom is 0.276 e. The van der Waals surface area contributed by atoms with E-state index < -0.39 is 5.41 Å². The van der Waals surface area contributed by atoms with Crippen LogP contribution in [0.25, 0.3) is 11.0 Å². The zero-order chi connectivity index (χ0) is 25.2. The highest BCUT2D eigenvalue weighted by Gasteiger charge is 2.55. The van der Waals surface area contributed by atoms with Crippen molar-refractivity contribution in [3.05, 3.63) is 79.8 Å². The van der Waals surface area contributed by atoms with Crippen molar-refractivity contribution in [1.82, 2.24) is 14.6 Å². The fourth-order valence-corrected chi connectivity index (χ4v) is 7.80. The maximum absolute atomic E-state index is 14.2. The van der Waals surface area contributed by atoms with Crippen LogP contribution in [0.2, 0.25) is 0 Å². The predicted octanol–water partition coefficient (Wildman–Crippen LogP) is 5.31. The molecule has 2 aliphatic rings. The van der Waals surface area contributed by atoms with Gasteiger partial charge in [0.2, 0.25) is 16.6 Å². The van der Waals surface area contributed by atoms with Gasteiger partial charge in [0.15, 0.2) is 0 Å². The molecular formula is C29H31N3O3S. The summed E-state index contributed by atoms with van der Waals surface area (Å²) in [4.78, 5) is 28.0. The number of carbonyl (C=O) groups excluding carboxylic acids is 1. The van der Waals surface area contributed by atoms with Gasteiger partial charge in [-0.3, -0.25) is 9.59 Å². The van der Waals surface area contributed by atoms with Crippen LogP contribution in [0.3, 0.4) is 0 Å². The Morgan fingerprint density at radius 1 is 1.22 bits per heavy atom. The van der Waals surface area contributed by atoms with Crippen molar-refractivity contribution in [2.75, 3.05) is 0 Å². The molecule has 186 valence electrons. The molecule has 6 rings (SSSR count). The predicted molar refractivity (Wildman–Crippen MR) is 141 cm³/mol. The Labute approximate surface area is 214 Å². The van der Waals surface area contributed by atoms with Crippen LogP contribution in [0.15, 0.2) is 45.8 Å². The molecule has 0 unspecified atom stereocenters. The van der Waals surface area contributed by atoms with Crippen LogP contribution in [0.4, 0.5) is 0 Å². The van der Waals surface area contributed by atoms with Crippen LogP contribution in [0.1, 0.15) is 92.4 Å². The number of ketones is 1. The molecule has 1 saturated carbocycles. The first-order valence-corrected chi connectivity index (χ1v) is 13.7. The van der Waals surface area contributed by atoms with Crippen LogP contribution < -0.4 is 10.1 Å². The second-order valence-electron chi connectivity index (χ2n) is 11.3. The summed E-state index contributed by atoms with van der Waals surface area (Å²) in [7, 11) is 0. The van der Waals surface area contributed by atoms with Gasteiger partial charge >= 0.3 is 0 Å². The van der Waals surface area contributed by atoms with Gasteiger partial charge in [0.25, 0.3) is 5.56 Å². The summed E-state index contributed by atoms with van der Waals surface area (Å²) < 4.78 is 7.26. The molecule has 6 nitrogen and oxygen atoms in total. The van der Waals surface area contributed by atoms with Crippen LogP contribution in [0, 0.1) is 11.3 Å². The van der Waals surface area contributed by atoms with E-state index in [9.17, 15) is 9.59 Å². The van der Waals surface area contributed by atoms with Crippen molar-refractivity contribution in [1.29, 1.82) is 0 Å². The van der Waals surface area contributed by atoms with E-state index in [0.717, 1.165) is 32.1 Å². The second kappa shape index (κ2) is 8.23. The number of hydrogen-bond donors (Lipinski definition) is 0. The van der Waals surface area contributed by atoms with Gasteiger partial charge in [-0.05, 0) is 71.8 Å². The van der Waals surface area contributed by atoms with Crippen molar-refractivity contribution in [3.8, 4) is 0 Å². The normalized spacial score (nSPS) is 26.4. The van der Waals surface area contributed by atoms with Gasteiger partial charge in [-0.25, -0.2) is 4.40 Å². The van der Waals surface area contributed by atoms with E-state index in [1.807, 2.05) is 0 Å². The molecule has 0 aliphatic heterocycles. The van der Waals surface area contributed by atoms with E-state index >= 15 is 0 Å². The van der Waals surface area contributed by atoms with Crippen molar-refractivity contribution >= 4 is 28.2 Å². The Bertz CT molecular complexity index is 1580. The molecular weight excluding hydrogens is 470 g/mol. The lowest BCUT2D eigenvalue weighted by molar-refractivity contribution is 0.0235. The molecule has 0 radical (unpaired) electrons. The maximum atomic E-state index is 14.2. The van der Waals surface area contributed by atoms with E-state index in [1.54, 1.807) is 24.5 Å². The second-order valence-corrected chi connectivity index (χ2v) is 12.3. The highest BCUT2D eigenvalue weighted by molar-refractivity contribution is 7.15. The third-order valence-electron chi connectivity index (χ3n) is 8.83. The molecule has 3 aromatic heterocycles. The van der Waals surface area contributed by atoms with Gasteiger partial charge in [0.1, 0.15) is 10.3 Å². The fraction of sp³-hybridized carbons (Fsp3) is 0.448. The summed E-state index contributed by atoms with van der Waals surface area (Å²) in [5.74, 6) is 1.37. The number of carbonyl (C=O) groups is 1. The lowest BCUT2D eigenvalue weighted by Crippen LogP contribution is -2.52. The summed E-state index contributed by atoms with van der Waals surface area (Å²) >= 11 is 1.23. The average Bonchev–Trinajstić information content (AvgIpc) is 3.58. The number of rotatable bonds is 4. The monoisotopic (exact) mass is 501 g/mol. The number of Topliss-reactive ketones (excluding diaryl/α,β-unsaturated/α-hetero) is 1. The van der Waals surface area contributed by atoms with Crippen molar-refractivity contribution < 1.29 is 9.21 Å². The van der Waals surface area contributed by atoms with Crippen molar-refractivity contribution in [3.63, 3.8) is 0 Å². The molecule has 4 aromatic rings. The van der Waals surface area contributed by atoms with Crippen molar-refractivity contribution in [2.24, 2.45) is 11.3 Å². The first-order chi connectivity index (χ1) is 17.2. The lowest BCUT2D eigenvalue weighted by atomic mass is 9.48. The van der Waals surface area contributed by atoms with Crippen LogP contribution in [0.5, 0.6) is 0 Å². The summed E-state index contributed by atoms with van der Waals surface area (Å²) in [6.45, 7) is 8.90. The summed E-state index contributed by atoms with van der Waals surface area (Å²) in [5, 5.41) is 8.47. The van der Waals surface area contributed by atoms with Gasteiger partial charge in [-0.1, -0.05) is 63.7 Å². The average molecular weight is 502 g/mol.